The lowest BCUT2D eigenvalue weighted by molar-refractivity contribution is -0.144. The first kappa shape index (κ1) is 29.2. The first-order valence-electron chi connectivity index (χ1n) is 12.7. The molecule has 38 heavy (non-hydrogen) atoms. The molecule has 1 aliphatic heterocycles. The molecule has 1 amide bonds. The van der Waals surface area contributed by atoms with Crippen LogP contribution in [-0.2, 0) is 20.4 Å². The maximum atomic E-state index is 14.4. The molecule has 7 nitrogen and oxygen atoms in total. The van der Waals surface area contributed by atoms with Crippen molar-refractivity contribution in [1.82, 2.24) is 9.62 Å². The summed E-state index contributed by atoms with van der Waals surface area (Å²) in [5.74, 6) is -2.50. The molecule has 2 N–H and O–H groups in total. The van der Waals surface area contributed by atoms with Crippen molar-refractivity contribution in [3.63, 3.8) is 0 Å². The average Bonchev–Trinajstić information content (AvgIpc) is 2.87. The average molecular weight is 602 g/mol. The minimum absolute atomic E-state index is 0.129. The number of fused-ring (bicyclic) bond motifs is 1. The Labute approximate surface area is 238 Å². The van der Waals surface area contributed by atoms with E-state index in [9.17, 15) is 23.1 Å². The molecule has 4 rings (SSSR count). The van der Waals surface area contributed by atoms with Crippen LogP contribution in [0.2, 0.25) is 10.0 Å². The van der Waals surface area contributed by atoms with Gasteiger partial charge in [-0.2, -0.15) is 0 Å². The van der Waals surface area contributed by atoms with Gasteiger partial charge in [0.05, 0.1) is 11.3 Å². The van der Waals surface area contributed by atoms with Crippen LogP contribution >= 0.6 is 34.8 Å². The smallest absolute Gasteiger partial charge is 0.313 e. The third-order valence-corrected chi connectivity index (χ3v) is 10.1. The van der Waals surface area contributed by atoms with Crippen molar-refractivity contribution in [3.8, 4) is 0 Å². The molecule has 1 heterocycles. The van der Waals surface area contributed by atoms with Gasteiger partial charge >= 0.3 is 5.97 Å². The summed E-state index contributed by atoms with van der Waals surface area (Å²) in [6, 6.07) is 10.4. The van der Waals surface area contributed by atoms with Crippen molar-refractivity contribution < 1.29 is 23.1 Å². The van der Waals surface area contributed by atoms with Crippen LogP contribution in [0.4, 0.5) is 0 Å². The third-order valence-electron chi connectivity index (χ3n) is 7.75. The summed E-state index contributed by atoms with van der Waals surface area (Å²) in [5.41, 5.74) is -0.218. The Morgan fingerprint density at radius 3 is 2.53 bits per heavy atom. The van der Waals surface area contributed by atoms with E-state index < -0.39 is 39.5 Å². The van der Waals surface area contributed by atoms with Crippen LogP contribution in [0.3, 0.4) is 0 Å². The second-order valence-corrected chi connectivity index (χ2v) is 13.0. The maximum Gasteiger partial charge on any atom is 0.313 e. The van der Waals surface area contributed by atoms with E-state index in [1.165, 1.54) is 0 Å². The van der Waals surface area contributed by atoms with E-state index in [1.54, 1.807) is 47.4 Å². The number of rotatable bonds is 9. The molecular formula is C27H31Cl3N2O5S. The second kappa shape index (κ2) is 11.7. The van der Waals surface area contributed by atoms with Gasteiger partial charge in [0.15, 0.2) is 0 Å². The fraction of sp³-hybridized carbons (Fsp3) is 0.481. The van der Waals surface area contributed by atoms with Gasteiger partial charge in [-0.05, 0) is 55.0 Å². The lowest BCUT2D eigenvalue weighted by atomic mass is 9.66. The molecular weight excluding hydrogens is 571 g/mol. The predicted molar refractivity (Wildman–Crippen MR) is 150 cm³/mol. The minimum atomic E-state index is -3.68. The number of carboxylic acids is 1. The Balaban J connectivity index is 1.96. The maximum absolute atomic E-state index is 14.4. The fourth-order valence-corrected chi connectivity index (χ4v) is 8.46. The molecule has 1 fully saturated rings. The van der Waals surface area contributed by atoms with Gasteiger partial charge in [0.25, 0.3) is 5.91 Å². The summed E-state index contributed by atoms with van der Waals surface area (Å²) in [5, 5.41) is 11.3. The number of halogens is 3. The molecule has 206 valence electrons. The van der Waals surface area contributed by atoms with Crippen LogP contribution in [0.15, 0.2) is 42.5 Å². The Hall–Kier alpha value is -1.84. The first-order chi connectivity index (χ1) is 18.1. The molecule has 11 heteroatoms. The fourth-order valence-electron chi connectivity index (χ4n) is 6.22. The number of carbonyl (C=O) groups excluding carboxylic acids is 1. The van der Waals surface area contributed by atoms with Gasteiger partial charge in [0, 0.05) is 33.6 Å². The van der Waals surface area contributed by atoms with Gasteiger partial charge in [0.2, 0.25) is 10.0 Å². The number of nitrogens with one attached hydrogen (secondary N) is 1. The van der Waals surface area contributed by atoms with Crippen LogP contribution < -0.4 is 4.72 Å². The van der Waals surface area contributed by atoms with E-state index in [4.69, 9.17) is 34.8 Å². The van der Waals surface area contributed by atoms with Crippen LogP contribution in [0.5, 0.6) is 0 Å². The van der Waals surface area contributed by atoms with Crippen molar-refractivity contribution in [3.05, 3.63) is 69.2 Å². The van der Waals surface area contributed by atoms with Gasteiger partial charge < -0.3 is 10.0 Å². The summed E-state index contributed by atoms with van der Waals surface area (Å²) in [6.45, 7) is 1.83. The molecule has 1 saturated carbocycles. The monoisotopic (exact) mass is 600 g/mol. The highest BCUT2D eigenvalue weighted by Crippen LogP contribution is 2.54. The number of hydrogen-bond acceptors (Lipinski definition) is 4. The van der Waals surface area contributed by atoms with Gasteiger partial charge in [-0.25, -0.2) is 13.1 Å². The molecule has 2 aliphatic rings. The molecule has 0 saturated heterocycles. The quantitative estimate of drug-likeness (QED) is 0.355. The minimum Gasteiger partial charge on any atom is -0.481 e. The lowest BCUT2D eigenvalue weighted by Crippen LogP contribution is -2.66. The first-order valence-corrected chi connectivity index (χ1v) is 15.7. The van der Waals surface area contributed by atoms with E-state index in [0.717, 1.165) is 12.8 Å². The van der Waals surface area contributed by atoms with Gasteiger partial charge in [-0.1, -0.05) is 67.2 Å². The van der Waals surface area contributed by atoms with Gasteiger partial charge in [-0.3, -0.25) is 9.59 Å². The van der Waals surface area contributed by atoms with E-state index >= 15 is 0 Å². The number of alkyl halides is 1. The highest BCUT2D eigenvalue weighted by atomic mass is 35.5. The number of carbonyl (C=O) groups is 2. The zero-order chi connectivity index (χ0) is 27.7. The molecule has 0 bridgehead atoms. The second-order valence-electron chi connectivity index (χ2n) is 9.87. The number of sulfonamides is 1. The Bertz CT molecular complexity index is 1320. The normalized spacial score (nSPS) is 25.7. The van der Waals surface area contributed by atoms with E-state index in [1.807, 2.05) is 6.92 Å². The molecule has 2 aromatic carbocycles. The zero-order valence-corrected chi connectivity index (χ0v) is 24.1. The van der Waals surface area contributed by atoms with Gasteiger partial charge in [-0.15, -0.1) is 11.6 Å². The largest absolute Gasteiger partial charge is 0.481 e. The third kappa shape index (κ3) is 5.30. The van der Waals surface area contributed by atoms with Crippen LogP contribution in [0.1, 0.15) is 72.9 Å². The molecule has 4 unspecified atom stereocenters. The molecule has 2 aromatic rings. The van der Waals surface area contributed by atoms with E-state index in [0.29, 0.717) is 41.0 Å². The van der Waals surface area contributed by atoms with Crippen LogP contribution in [0, 0.1) is 0 Å². The summed E-state index contributed by atoms with van der Waals surface area (Å²) < 4.78 is 28.7. The van der Waals surface area contributed by atoms with Crippen LogP contribution in [0.25, 0.3) is 0 Å². The summed E-state index contributed by atoms with van der Waals surface area (Å²) >= 11 is 18.7. The molecule has 0 radical (unpaired) electrons. The number of aliphatic carboxylic acids is 1. The molecule has 0 spiro atoms. The Kier molecular flexibility index (Phi) is 8.99. The van der Waals surface area contributed by atoms with Crippen molar-refractivity contribution >= 4 is 56.7 Å². The summed E-state index contributed by atoms with van der Waals surface area (Å²) in [6.07, 6.45) is 3.10. The number of amides is 1. The SMILES string of the molecule is CCC1(c2ccc(Cl)cc2Cl)C(C(=O)O)c2ccccc2C(=O)N1C1CCCCC1NS(=O)(=O)CCCCl. The van der Waals surface area contributed by atoms with E-state index in [-0.39, 0.29) is 29.0 Å². The van der Waals surface area contributed by atoms with E-state index in [2.05, 4.69) is 4.72 Å². The van der Waals surface area contributed by atoms with Crippen molar-refractivity contribution in [1.29, 1.82) is 0 Å². The Morgan fingerprint density at radius 1 is 1.16 bits per heavy atom. The molecule has 4 atom stereocenters. The van der Waals surface area contributed by atoms with Gasteiger partial charge in [0.1, 0.15) is 5.92 Å². The Morgan fingerprint density at radius 2 is 1.87 bits per heavy atom. The number of carboxylic acid groups (broad SMARTS) is 1. The highest BCUT2D eigenvalue weighted by Gasteiger charge is 2.58. The topological polar surface area (TPSA) is 104 Å². The van der Waals surface area contributed by atoms with Crippen molar-refractivity contribution in [2.45, 2.75) is 69.0 Å². The van der Waals surface area contributed by atoms with Crippen molar-refractivity contribution in [2.75, 3.05) is 11.6 Å². The van der Waals surface area contributed by atoms with Crippen LogP contribution in [-0.4, -0.2) is 54.0 Å². The number of nitrogens with zero attached hydrogens (tertiary/aromatic N) is 1. The van der Waals surface area contributed by atoms with Crippen molar-refractivity contribution in [2.24, 2.45) is 0 Å². The number of hydrogen-bond donors (Lipinski definition) is 2. The highest BCUT2D eigenvalue weighted by molar-refractivity contribution is 7.89. The summed E-state index contributed by atoms with van der Waals surface area (Å²) in [7, 11) is -3.68. The lowest BCUT2D eigenvalue weighted by Gasteiger charge is -2.56. The summed E-state index contributed by atoms with van der Waals surface area (Å²) in [4.78, 5) is 29.1. The molecule has 1 aliphatic carbocycles. The zero-order valence-electron chi connectivity index (χ0n) is 21.0. The number of benzene rings is 2. The standard InChI is InChI=1S/C27H31Cl3N2O5S/c1-2-27(20-13-12-17(29)16-21(20)30)24(26(34)35)18-8-3-4-9-19(18)25(33)32(27)23-11-6-5-10-22(23)31-38(36,37)15-7-14-28/h3-4,8-9,12-13,16,22-24,31H,2,5-7,10-11,14-15H2,1H3,(H,34,35). The molecule has 0 aromatic heterocycles. The predicted octanol–water partition coefficient (Wildman–Crippen LogP) is 5.78.